The minimum atomic E-state index is -0.462. The van der Waals surface area contributed by atoms with Crippen LogP contribution in [0.4, 0.5) is 5.69 Å². The van der Waals surface area contributed by atoms with Crippen LogP contribution in [-0.2, 0) is 4.74 Å². The van der Waals surface area contributed by atoms with Gasteiger partial charge in [0.15, 0.2) is 0 Å². The fourth-order valence-electron chi connectivity index (χ4n) is 1.84. The minimum Gasteiger partial charge on any atom is -0.489 e. The van der Waals surface area contributed by atoms with Crippen LogP contribution >= 0.6 is 0 Å². The summed E-state index contributed by atoms with van der Waals surface area (Å²) in [6, 6.07) is 14.6. The zero-order chi connectivity index (χ0) is 17.4. The van der Waals surface area contributed by atoms with Gasteiger partial charge in [0, 0.05) is 12.1 Å². The molecule has 0 atom stereocenters. The van der Waals surface area contributed by atoms with Crippen LogP contribution in [0.1, 0.15) is 17.3 Å². The lowest BCUT2D eigenvalue weighted by Gasteiger charge is -2.07. The van der Waals surface area contributed by atoms with Crippen LogP contribution in [0, 0.1) is 10.1 Å². The molecule has 124 valence electrons. The summed E-state index contributed by atoms with van der Waals surface area (Å²) >= 11 is 0. The molecule has 0 bridgehead atoms. The second-order valence-electron chi connectivity index (χ2n) is 5.05. The number of carbonyl (C=O) groups is 1. The molecule has 0 radical (unpaired) electrons. The topological polar surface area (TPSA) is 78.7 Å². The highest BCUT2D eigenvalue weighted by Gasteiger charge is 2.05. The first-order valence-electron chi connectivity index (χ1n) is 7.31. The molecule has 0 unspecified atom stereocenters. The van der Waals surface area contributed by atoms with E-state index in [4.69, 9.17) is 9.47 Å². The van der Waals surface area contributed by atoms with Gasteiger partial charge in [-0.25, -0.2) is 4.79 Å². The van der Waals surface area contributed by atoms with Gasteiger partial charge in [0.25, 0.3) is 5.69 Å². The quantitative estimate of drug-likeness (QED) is 0.335. The van der Waals surface area contributed by atoms with Crippen LogP contribution in [0.3, 0.4) is 0 Å². The molecular formula is C18H17NO5. The van der Waals surface area contributed by atoms with Gasteiger partial charge < -0.3 is 9.47 Å². The minimum absolute atomic E-state index is 0.0161. The summed E-state index contributed by atoms with van der Waals surface area (Å²) in [6.45, 7) is 2.31. The van der Waals surface area contributed by atoms with Crippen LogP contribution in [0.15, 0.2) is 66.2 Å². The Morgan fingerprint density at radius 3 is 2.42 bits per heavy atom. The molecule has 0 spiro atoms. The second kappa shape index (κ2) is 8.47. The van der Waals surface area contributed by atoms with E-state index in [2.05, 4.69) is 0 Å². The first kappa shape index (κ1) is 17.2. The molecule has 2 rings (SSSR count). The van der Waals surface area contributed by atoms with Crippen molar-refractivity contribution in [2.24, 2.45) is 0 Å². The van der Waals surface area contributed by atoms with E-state index in [-0.39, 0.29) is 18.3 Å². The maximum absolute atomic E-state index is 11.8. The van der Waals surface area contributed by atoms with E-state index >= 15 is 0 Å². The number of carbonyl (C=O) groups excluding carboxylic acids is 1. The van der Waals surface area contributed by atoms with Crippen molar-refractivity contribution in [3.8, 4) is 5.75 Å². The Morgan fingerprint density at radius 1 is 1.12 bits per heavy atom. The lowest BCUT2D eigenvalue weighted by Crippen LogP contribution is -2.06. The normalized spacial score (nSPS) is 11.0. The zero-order valence-corrected chi connectivity index (χ0v) is 13.2. The molecule has 2 aromatic rings. The molecule has 2 aromatic carbocycles. The van der Waals surface area contributed by atoms with Crippen molar-refractivity contribution >= 4 is 11.7 Å². The lowest BCUT2D eigenvalue weighted by molar-refractivity contribution is -0.384. The first-order valence-corrected chi connectivity index (χ1v) is 7.31. The summed E-state index contributed by atoms with van der Waals surface area (Å²) < 4.78 is 10.7. The SMILES string of the molecule is C/C(=C\COC(=O)c1ccccc1)COc1ccc([N+](=O)[O-])cc1. The molecule has 0 aliphatic heterocycles. The summed E-state index contributed by atoms with van der Waals surface area (Å²) in [7, 11) is 0. The Balaban J connectivity index is 1.77. The van der Waals surface area contributed by atoms with E-state index in [0.29, 0.717) is 17.9 Å². The van der Waals surface area contributed by atoms with Crippen LogP contribution < -0.4 is 4.74 Å². The number of ether oxygens (including phenoxy) is 2. The number of rotatable bonds is 7. The largest absolute Gasteiger partial charge is 0.489 e. The van der Waals surface area contributed by atoms with Gasteiger partial charge in [0.05, 0.1) is 10.5 Å². The number of non-ortho nitro benzene ring substituents is 1. The van der Waals surface area contributed by atoms with Crippen LogP contribution in [-0.4, -0.2) is 24.1 Å². The molecule has 6 nitrogen and oxygen atoms in total. The summed E-state index contributed by atoms with van der Waals surface area (Å²) in [5.74, 6) is 0.158. The molecule has 0 amide bonds. The third-order valence-corrected chi connectivity index (χ3v) is 3.17. The van der Waals surface area contributed by atoms with Gasteiger partial charge in [0.1, 0.15) is 19.0 Å². The summed E-state index contributed by atoms with van der Waals surface area (Å²) in [4.78, 5) is 21.9. The Hall–Kier alpha value is -3.15. The van der Waals surface area contributed by atoms with E-state index in [0.717, 1.165) is 5.57 Å². The second-order valence-corrected chi connectivity index (χ2v) is 5.05. The number of nitrogens with zero attached hydrogens (tertiary/aromatic N) is 1. The first-order chi connectivity index (χ1) is 11.6. The molecule has 0 aliphatic rings. The smallest absolute Gasteiger partial charge is 0.338 e. The molecule has 0 aromatic heterocycles. The van der Waals surface area contributed by atoms with Crippen molar-refractivity contribution in [3.63, 3.8) is 0 Å². The van der Waals surface area contributed by atoms with Crippen molar-refractivity contribution in [1.82, 2.24) is 0 Å². The highest BCUT2D eigenvalue weighted by Crippen LogP contribution is 2.17. The van der Waals surface area contributed by atoms with Gasteiger partial charge in [0.2, 0.25) is 0 Å². The van der Waals surface area contributed by atoms with Gasteiger partial charge in [-0.1, -0.05) is 18.2 Å². The fourth-order valence-corrected chi connectivity index (χ4v) is 1.84. The average molecular weight is 327 g/mol. The third-order valence-electron chi connectivity index (χ3n) is 3.17. The molecule has 6 heteroatoms. The van der Waals surface area contributed by atoms with Crippen LogP contribution in [0.5, 0.6) is 5.75 Å². The third kappa shape index (κ3) is 5.24. The van der Waals surface area contributed by atoms with E-state index < -0.39 is 4.92 Å². The van der Waals surface area contributed by atoms with Gasteiger partial charge in [-0.2, -0.15) is 0 Å². The highest BCUT2D eigenvalue weighted by atomic mass is 16.6. The van der Waals surface area contributed by atoms with Crippen molar-refractivity contribution in [2.45, 2.75) is 6.92 Å². The van der Waals surface area contributed by atoms with E-state index in [1.54, 1.807) is 42.5 Å². The number of hydrogen-bond acceptors (Lipinski definition) is 5. The number of nitro groups is 1. The van der Waals surface area contributed by atoms with E-state index in [1.807, 2.05) is 13.0 Å². The molecule has 24 heavy (non-hydrogen) atoms. The van der Waals surface area contributed by atoms with Crippen molar-refractivity contribution in [1.29, 1.82) is 0 Å². The van der Waals surface area contributed by atoms with Gasteiger partial charge >= 0.3 is 5.97 Å². The summed E-state index contributed by atoms with van der Waals surface area (Å²) in [6.07, 6.45) is 1.76. The van der Waals surface area contributed by atoms with E-state index in [1.165, 1.54) is 12.1 Å². The Morgan fingerprint density at radius 2 is 1.79 bits per heavy atom. The van der Waals surface area contributed by atoms with Crippen LogP contribution in [0.2, 0.25) is 0 Å². The monoisotopic (exact) mass is 327 g/mol. The number of esters is 1. The predicted octanol–water partition coefficient (Wildman–Crippen LogP) is 3.78. The van der Waals surface area contributed by atoms with Gasteiger partial charge in [-0.3, -0.25) is 10.1 Å². The van der Waals surface area contributed by atoms with Crippen molar-refractivity contribution in [2.75, 3.05) is 13.2 Å². The summed E-state index contributed by atoms with van der Waals surface area (Å²) in [5.41, 5.74) is 1.40. The molecule has 0 saturated carbocycles. The predicted molar refractivity (Wildman–Crippen MR) is 89.1 cm³/mol. The molecule has 0 fully saturated rings. The van der Waals surface area contributed by atoms with Crippen molar-refractivity contribution < 1.29 is 19.2 Å². The Labute approximate surface area is 139 Å². The molecule has 0 N–H and O–H groups in total. The molecule has 0 aliphatic carbocycles. The lowest BCUT2D eigenvalue weighted by atomic mass is 10.2. The Bertz CT molecular complexity index is 723. The fraction of sp³-hybridized carbons (Fsp3) is 0.167. The van der Waals surface area contributed by atoms with Crippen molar-refractivity contribution in [3.05, 3.63) is 81.9 Å². The molecule has 0 heterocycles. The maximum Gasteiger partial charge on any atom is 0.338 e. The maximum atomic E-state index is 11.8. The Kier molecular flexibility index (Phi) is 6.08. The average Bonchev–Trinajstić information content (AvgIpc) is 2.61. The highest BCUT2D eigenvalue weighted by molar-refractivity contribution is 5.89. The van der Waals surface area contributed by atoms with Gasteiger partial charge in [-0.05, 0) is 42.8 Å². The molecular weight excluding hydrogens is 310 g/mol. The number of benzene rings is 2. The van der Waals surface area contributed by atoms with E-state index in [9.17, 15) is 14.9 Å². The number of hydrogen-bond donors (Lipinski definition) is 0. The number of nitro benzene ring substituents is 1. The molecule has 0 saturated heterocycles. The van der Waals surface area contributed by atoms with Crippen LogP contribution in [0.25, 0.3) is 0 Å². The van der Waals surface area contributed by atoms with Gasteiger partial charge in [-0.15, -0.1) is 0 Å². The standard InChI is InChI=1S/C18H17NO5/c1-14(11-12-23-18(20)15-5-3-2-4-6-15)13-24-17-9-7-16(8-10-17)19(21)22/h2-11H,12-13H2,1H3/b14-11+. The zero-order valence-electron chi connectivity index (χ0n) is 13.2. The summed E-state index contributed by atoms with van der Waals surface area (Å²) in [5, 5.41) is 10.6.